The molecule has 5 heteroatoms. The molecule has 1 heterocycles. The molecule has 12 heavy (non-hydrogen) atoms. The van der Waals surface area contributed by atoms with Crippen molar-refractivity contribution >= 4 is 0 Å². The third kappa shape index (κ3) is 1.88. The maximum atomic E-state index is 12.8. The van der Waals surface area contributed by atoms with Crippen molar-refractivity contribution in [2.75, 3.05) is 6.61 Å². The first-order valence-corrected chi connectivity index (χ1v) is 3.55. The lowest BCUT2D eigenvalue weighted by atomic mass is 10.4. The van der Waals surface area contributed by atoms with Crippen LogP contribution in [-0.4, -0.2) is 16.6 Å². The Bertz CT molecular complexity index is 311. The van der Waals surface area contributed by atoms with Crippen molar-refractivity contribution in [1.82, 2.24) is 9.97 Å². The Morgan fingerprint density at radius 3 is 3.17 bits per heavy atom. The molecule has 0 aliphatic heterocycles. The maximum Gasteiger partial charge on any atom is 0.287 e. The maximum absolute atomic E-state index is 12.8. The molecule has 4 nitrogen and oxygen atoms in total. The predicted octanol–water partition coefficient (Wildman–Crippen LogP) is 0.445. The van der Waals surface area contributed by atoms with Crippen molar-refractivity contribution in [1.29, 1.82) is 0 Å². The second-order valence-electron chi connectivity index (χ2n) is 2.13. The van der Waals surface area contributed by atoms with E-state index in [1.807, 2.05) is 0 Å². The fourth-order valence-corrected chi connectivity index (χ4v) is 0.719. The molecule has 0 radical (unpaired) electrons. The fourth-order valence-electron chi connectivity index (χ4n) is 0.719. The molecule has 0 aliphatic carbocycles. The third-order valence-electron chi connectivity index (χ3n) is 1.31. The smallest absolute Gasteiger partial charge is 0.287 e. The third-order valence-corrected chi connectivity index (χ3v) is 1.31. The van der Waals surface area contributed by atoms with Crippen LogP contribution >= 0.6 is 0 Å². The molecule has 1 aromatic rings. The topological polar surface area (TPSA) is 55.0 Å². The highest BCUT2D eigenvalue weighted by atomic mass is 19.1. The summed E-state index contributed by atoms with van der Waals surface area (Å²) < 4.78 is 17.7. The van der Waals surface area contributed by atoms with Crippen LogP contribution < -0.4 is 5.56 Å². The van der Waals surface area contributed by atoms with E-state index in [9.17, 15) is 9.18 Å². The Morgan fingerprint density at radius 1 is 1.75 bits per heavy atom. The minimum Gasteiger partial charge on any atom is -0.375 e. The largest absolute Gasteiger partial charge is 0.375 e. The van der Waals surface area contributed by atoms with Gasteiger partial charge in [0.25, 0.3) is 5.56 Å². The van der Waals surface area contributed by atoms with E-state index in [4.69, 9.17) is 4.74 Å². The molecule has 0 spiro atoms. The first kappa shape index (κ1) is 8.86. The van der Waals surface area contributed by atoms with Crippen LogP contribution in [0, 0.1) is 5.82 Å². The minimum atomic E-state index is -0.869. The van der Waals surface area contributed by atoms with Gasteiger partial charge in [-0.15, -0.1) is 0 Å². The Labute approximate surface area is 68.4 Å². The van der Waals surface area contributed by atoms with Crippen LogP contribution in [0.25, 0.3) is 0 Å². The van der Waals surface area contributed by atoms with Crippen LogP contribution in [0.1, 0.15) is 12.6 Å². The van der Waals surface area contributed by atoms with Gasteiger partial charge in [0.15, 0.2) is 0 Å². The van der Waals surface area contributed by atoms with Gasteiger partial charge in [-0.2, -0.15) is 4.39 Å². The molecule has 0 aromatic carbocycles. The number of aromatic amines is 1. The van der Waals surface area contributed by atoms with Crippen LogP contribution in [0.5, 0.6) is 0 Å². The van der Waals surface area contributed by atoms with Gasteiger partial charge in [0.1, 0.15) is 5.69 Å². The number of nitrogens with one attached hydrogen (secondary N) is 1. The van der Waals surface area contributed by atoms with E-state index in [0.717, 1.165) is 6.33 Å². The zero-order chi connectivity index (χ0) is 8.97. The number of ether oxygens (including phenoxy) is 1. The van der Waals surface area contributed by atoms with Crippen LogP contribution in [0.2, 0.25) is 0 Å². The Kier molecular flexibility index (Phi) is 2.93. The van der Waals surface area contributed by atoms with Crippen molar-refractivity contribution in [3.8, 4) is 0 Å². The van der Waals surface area contributed by atoms with Gasteiger partial charge >= 0.3 is 0 Å². The van der Waals surface area contributed by atoms with E-state index < -0.39 is 11.4 Å². The zero-order valence-corrected chi connectivity index (χ0v) is 6.63. The molecule has 66 valence electrons. The molecule has 0 saturated heterocycles. The van der Waals surface area contributed by atoms with Crippen LogP contribution in [-0.2, 0) is 11.3 Å². The normalized spacial score (nSPS) is 10.2. The lowest BCUT2D eigenvalue weighted by Gasteiger charge is -1.99. The molecule has 0 fully saturated rings. The minimum absolute atomic E-state index is 0.0340. The quantitative estimate of drug-likeness (QED) is 0.720. The monoisotopic (exact) mass is 172 g/mol. The Morgan fingerprint density at radius 2 is 2.50 bits per heavy atom. The average Bonchev–Trinajstić information content (AvgIpc) is 2.08. The van der Waals surface area contributed by atoms with Gasteiger partial charge < -0.3 is 9.72 Å². The van der Waals surface area contributed by atoms with Crippen molar-refractivity contribution in [3.63, 3.8) is 0 Å². The number of hydrogen-bond donors (Lipinski definition) is 1. The summed E-state index contributed by atoms with van der Waals surface area (Å²) in [6.45, 7) is 2.28. The number of rotatable bonds is 3. The second-order valence-corrected chi connectivity index (χ2v) is 2.13. The number of aromatic nitrogens is 2. The fraction of sp³-hybridized carbons (Fsp3) is 0.429. The molecule has 0 unspecified atom stereocenters. The lowest BCUT2D eigenvalue weighted by molar-refractivity contribution is 0.128. The van der Waals surface area contributed by atoms with E-state index in [1.165, 1.54) is 0 Å². The lowest BCUT2D eigenvalue weighted by Crippen LogP contribution is -2.15. The molecule has 1 rings (SSSR count). The molecule has 0 bridgehead atoms. The zero-order valence-electron chi connectivity index (χ0n) is 6.63. The van der Waals surface area contributed by atoms with Crippen molar-refractivity contribution in [2.24, 2.45) is 0 Å². The first-order valence-electron chi connectivity index (χ1n) is 3.55. The van der Waals surface area contributed by atoms with E-state index in [1.54, 1.807) is 6.92 Å². The summed E-state index contributed by atoms with van der Waals surface area (Å²) in [4.78, 5) is 16.4. The number of hydrogen-bond acceptors (Lipinski definition) is 3. The van der Waals surface area contributed by atoms with Crippen LogP contribution in [0.15, 0.2) is 11.1 Å². The molecule has 1 aromatic heterocycles. The summed E-state index contributed by atoms with van der Waals surface area (Å²) in [6.07, 6.45) is 1.15. The summed E-state index contributed by atoms with van der Waals surface area (Å²) in [5.74, 6) is -0.869. The van der Waals surface area contributed by atoms with Crippen LogP contribution in [0.4, 0.5) is 4.39 Å². The Balaban J connectivity index is 2.85. The summed E-state index contributed by atoms with van der Waals surface area (Å²) >= 11 is 0. The van der Waals surface area contributed by atoms with Gasteiger partial charge in [-0.25, -0.2) is 4.98 Å². The summed E-state index contributed by atoms with van der Waals surface area (Å²) in [6, 6.07) is 0. The predicted molar refractivity (Wildman–Crippen MR) is 40.1 cm³/mol. The summed E-state index contributed by atoms with van der Waals surface area (Å²) in [5.41, 5.74) is -0.722. The highest BCUT2D eigenvalue weighted by molar-refractivity contribution is 5.00. The summed E-state index contributed by atoms with van der Waals surface area (Å²) in [7, 11) is 0. The van der Waals surface area contributed by atoms with Gasteiger partial charge in [0.2, 0.25) is 5.82 Å². The summed E-state index contributed by atoms with van der Waals surface area (Å²) in [5, 5.41) is 0. The van der Waals surface area contributed by atoms with Crippen molar-refractivity contribution < 1.29 is 9.13 Å². The van der Waals surface area contributed by atoms with Gasteiger partial charge in [-0.3, -0.25) is 4.79 Å². The van der Waals surface area contributed by atoms with E-state index >= 15 is 0 Å². The molecule has 0 amide bonds. The van der Waals surface area contributed by atoms with Crippen molar-refractivity contribution in [2.45, 2.75) is 13.5 Å². The SMILES string of the molecule is CCOCc1nc[nH]c(=O)c1F. The van der Waals surface area contributed by atoms with Gasteiger partial charge in [0, 0.05) is 6.61 Å². The van der Waals surface area contributed by atoms with Gasteiger partial charge in [-0.1, -0.05) is 0 Å². The van der Waals surface area contributed by atoms with Gasteiger partial charge in [-0.05, 0) is 6.92 Å². The Hall–Kier alpha value is -1.23. The molecular weight excluding hydrogens is 163 g/mol. The number of halogens is 1. The molecule has 1 N–H and O–H groups in total. The average molecular weight is 172 g/mol. The van der Waals surface area contributed by atoms with Crippen molar-refractivity contribution in [3.05, 3.63) is 28.2 Å². The molecule has 0 saturated carbocycles. The van der Waals surface area contributed by atoms with Gasteiger partial charge in [0.05, 0.1) is 12.9 Å². The molecule has 0 atom stereocenters. The standard InChI is InChI=1S/C7H9FN2O2/c1-2-12-3-5-6(8)7(11)10-4-9-5/h4H,2-3H2,1H3,(H,9,10,11). The van der Waals surface area contributed by atoms with E-state index in [-0.39, 0.29) is 12.3 Å². The van der Waals surface area contributed by atoms with E-state index in [0.29, 0.717) is 6.61 Å². The number of H-pyrrole nitrogens is 1. The van der Waals surface area contributed by atoms with Crippen LogP contribution in [0.3, 0.4) is 0 Å². The highest BCUT2D eigenvalue weighted by Crippen LogP contribution is 1.97. The number of nitrogens with zero attached hydrogens (tertiary/aromatic N) is 1. The molecular formula is C7H9FN2O2. The highest BCUT2D eigenvalue weighted by Gasteiger charge is 2.06. The molecule has 0 aliphatic rings. The first-order chi connectivity index (χ1) is 5.75. The van der Waals surface area contributed by atoms with E-state index in [2.05, 4.69) is 9.97 Å². The second kappa shape index (κ2) is 3.96.